The Morgan fingerprint density at radius 3 is 2.78 bits per heavy atom. The summed E-state index contributed by atoms with van der Waals surface area (Å²) in [7, 11) is 0. The zero-order valence-corrected chi connectivity index (χ0v) is 15.2. The summed E-state index contributed by atoms with van der Waals surface area (Å²) in [6, 6.07) is 0.0670. The summed E-state index contributed by atoms with van der Waals surface area (Å²) in [5.41, 5.74) is 6.31. The minimum Gasteiger partial charge on any atom is -0.367 e. The van der Waals surface area contributed by atoms with Gasteiger partial charge in [0.2, 0.25) is 5.91 Å². The SMILES string of the molecule is Cl.Cl.NC1C2CCC(C2)C1C(=O)N1CCOC(c2nccs2)C1. The van der Waals surface area contributed by atoms with E-state index in [9.17, 15) is 4.79 Å². The van der Waals surface area contributed by atoms with Crippen molar-refractivity contribution in [3.05, 3.63) is 16.6 Å². The minimum atomic E-state index is -0.0717. The number of amides is 1. The van der Waals surface area contributed by atoms with Gasteiger partial charge in [-0.05, 0) is 31.1 Å². The van der Waals surface area contributed by atoms with E-state index < -0.39 is 0 Å². The lowest BCUT2D eigenvalue weighted by atomic mass is 9.84. The highest BCUT2D eigenvalue weighted by Gasteiger charge is 2.50. The molecule has 3 fully saturated rings. The first-order valence-corrected chi connectivity index (χ1v) is 8.67. The van der Waals surface area contributed by atoms with Crippen LogP contribution in [-0.4, -0.2) is 41.5 Å². The number of rotatable bonds is 2. The summed E-state index contributed by atoms with van der Waals surface area (Å²) in [5, 5.41) is 2.91. The van der Waals surface area contributed by atoms with Crippen molar-refractivity contribution in [3.8, 4) is 0 Å². The minimum absolute atomic E-state index is 0. The van der Waals surface area contributed by atoms with E-state index >= 15 is 0 Å². The van der Waals surface area contributed by atoms with Crippen LogP contribution in [0.3, 0.4) is 0 Å². The van der Waals surface area contributed by atoms with E-state index in [0.29, 0.717) is 31.5 Å². The van der Waals surface area contributed by atoms with Gasteiger partial charge in [-0.15, -0.1) is 36.2 Å². The van der Waals surface area contributed by atoms with Gasteiger partial charge in [-0.3, -0.25) is 4.79 Å². The Bertz CT molecular complexity index is 529. The van der Waals surface area contributed by atoms with Gasteiger partial charge in [-0.25, -0.2) is 4.98 Å². The van der Waals surface area contributed by atoms with E-state index in [-0.39, 0.29) is 48.8 Å². The average Bonchev–Trinajstić information content (AvgIpc) is 3.24. The lowest BCUT2D eigenvalue weighted by molar-refractivity contribution is -0.145. The zero-order chi connectivity index (χ0) is 14.4. The lowest BCUT2D eigenvalue weighted by Gasteiger charge is -2.37. The number of hydrogen-bond donors (Lipinski definition) is 1. The summed E-state index contributed by atoms with van der Waals surface area (Å²) >= 11 is 1.59. The maximum Gasteiger partial charge on any atom is 0.227 e. The predicted octanol–water partition coefficient (Wildman–Crippen LogP) is 2.26. The standard InChI is InChI=1S/C15H21N3O2S.2ClH/c16-13-10-2-1-9(7-10)12(13)15(19)18-4-5-20-11(8-18)14-17-3-6-21-14;;/h3,6,9-13H,1-2,4-5,7-8,16H2;2*1H. The number of nitrogens with two attached hydrogens (primary N) is 1. The van der Waals surface area contributed by atoms with Crippen molar-refractivity contribution in [1.82, 2.24) is 9.88 Å². The number of hydrogen-bond acceptors (Lipinski definition) is 5. The zero-order valence-electron chi connectivity index (χ0n) is 12.8. The van der Waals surface area contributed by atoms with Crippen molar-refractivity contribution in [1.29, 1.82) is 0 Å². The first-order chi connectivity index (χ1) is 10.2. The van der Waals surface area contributed by atoms with E-state index in [1.165, 1.54) is 12.8 Å². The van der Waals surface area contributed by atoms with Crippen molar-refractivity contribution >= 4 is 42.1 Å². The molecule has 1 amide bonds. The third-order valence-electron chi connectivity index (χ3n) is 5.37. The van der Waals surface area contributed by atoms with Crippen LogP contribution in [0.1, 0.15) is 30.4 Å². The highest BCUT2D eigenvalue weighted by atomic mass is 35.5. The molecule has 2 aliphatic carbocycles. The highest BCUT2D eigenvalue weighted by molar-refractivity contribution is 7.09. The van der Waals surface area contributed by atoms with Gasteiger partial charge in [0.05, 0.1) is 19.1 Å². The van der Waals surface area contributed by atoms with E-state index in [2.05, 4.69) is 4.98 Å². The molecule has 1 aliphatic heterocycles. The fraction of sp³-hybridized carbons (Fsp3) is 0.733. The molecule has 0 radical (unpaired) electrons. The summed E-state index contributed by atoms with van der Waals surface area (Å²) in [6.45, 7) is 1.89. The molecule has 5 nitrogen and oxygen atoms in total. The first-order valence-electron chi connectivity index (χ1n) is 7.79. The fourth-order valence-corrected chi connectivity index (χ4v) is 4.98. The Labute approximate surface area is 152 Å². The molecule has 3 aliphatic rings. The molecule has 4 rings (SSSR count). The van der Waals surface area contributed by atoms with E-state index in [1.807, 2.05) is 10.3 Å². The van der Waals surface area contributed by atoms with Gasteiger partial charge < -0.3 is 15.4 Å². The van der Waals surface area contributed by atoms with Crippen LogP contribution in [-0.2, 0) is 9.53 Å². The molecule has 1 saturated heterocycles. The lowest BCUT2D eigenvalue weighted by Crippen LogP contribution is -2.50. The number of carbonyl (C=O) groups excluding carboxylic acids is 1. The Morgan fingerprint density at radius 2 is 2.13 bits per heavy atom. The van der Waals surface area contributed by atoms with Crippen molar-refractivity contribution in [2.24, 2.45) is 23.5 Å². The van der Waals surface area contributed by atoms with Crippen LogP contribution in [0.4, 0.5) is 0 Å². The van der Waals surface area contributed by atoms with Crippen LogP contribution in [0, 0.1) is 17.8 Å². The molecule has 130 valence electrons. The fourth-order valence-electron chi connectivity index (χ4n) is 4.31. The summed E-state index contributed by atoms with van der Waals surface area (Å²) < 4.78 is 5.78. The largest absolute Gasteiger partial charge is 0.367 e. The summed E-state index contributed by atoms with van der Waals surface area (Å²) in [4.78, 5) is 19.2. The van der Waals surface area contributed by atoms with Crippen molar-refractivity contribution in [3.63, 3.8) is 0 Å². The van der Waals surface area contributed by atoms with Crippen molar-refractivity contribution in [2.75, 3.05) is 19.7 Å². The number of aromatic nitrogens is 1. The Kier molecular flexibility index (Phi) is 6.30. The van der Waals surface area contributed by atoms with Gasteiger partial charge in [0.1, 0.15) is 11.1 Å². The molecule has 8 heteroatoms. The molecule has 5 unspecified atom stereocenters. The van der Waals surface area contributed by atoms with Crippen molar-refractivity contribution in [2.45, 2.75) is 31.4 Å². The normalized spacial score (nSPS) is 35.5. The molecule has 0 spiro atoms. The third-order valence-corrected chi connectivity index (χ3v) is 6.24. The topological polar surface area (TPSA) is 68.5 Å². The molecule has 1 aromatic rings. The summed E-state index contributed by atoms with van der Waals surface area (Å²) in [6.07, 6.45) is 5.25. The molecule has 2 N–H and O–H groups in total. The second-order valence-electron chi connectivity index (χ2n) is 6.45. The second-order valence-corrected chi connectivity index (χ2v) is 7.38. The van der Waals surface area contributed by atoms with Gasteiger partial charge in [0.15, 0.2) is 0 Å². The van der Waals surface area contributed by atoms with Gasteiger partial charge >= 0.3 is 0 Å². The number of ether oxygens (including phenoxy) is 1. The second kappa shape index (κ2) is 7.66. The monoisotopic (exact) mass is 379 g/mol. The number of carbonyl (C=O) groups is 1. The van der Waals surface area contributed by atoms with E-state index in [4.69, 9.17) is 10.5 Å². The molecule has 2 heterocycles. The molecule has 2 bridgehead atoms. The van der Waals surface area contributed by atoms with Gasteiger partial charge in [-0.1, -0.05) is 0 Å². The smallest absolute Gasteiger partial charge is 0.227 e. The average molecular weight is 380 g/mol. The molecule has 5 atom stereocenters. The van der Waals surface area contributed by atoms with Crippen LogP contribution in [0.5, 0.6) is 0 Å². The van der Waals surface area contributed by atoms with Crippen LogP contribution >= 0.6 is 36.2 Å². The third kappa shape index (κ3) is 3.37. The Morgan fingerprint density at radius 1 is 1.35 bits per heavy atom. The van der Waals surface area contributed by atoms with Crippen LogP contribution in [0.2, 0.25) is 0 Å². The quantitative estimate of drug-likeness (QED) is 0.855. The molecular weight excluding hydrogens is 357 g/mol. The number of nitrogens with zero attached hydrogens (tertiary/aromatic N) is 2. The van der Waals surface area contributed by atoms with Crippen molar-refractivity contribution < 1.29 is 9.53 Å². The maximum absolute atomic E-state index is 12.9. The first kappa shape index (κ1) is 18.9. The van der Waals surface area contributed by atoms with E-state index in [0.717, 1.165) is 11.4 Å². The van der Waals surface area contributed by atoms with Crippen LogP contribution in [0.15, 0.2) is 11.6 Å². The molecular formula is C15H23Cl2N3O2S. The number of morpholine rings is 1. The number of thiazole rings is 1. The van der Waals surface area contributed by atoms with E-state index in [1.54, 1.807) is 17.5 Å². The Hall–Kier alpha value is -0.400. The van der Waals surface area contributed by atoms with Gasteiger partial charge in [0.25, 0.3) is 0 Å². The molecule has 1 aromatic heterocycles. The van der Waals surface area contributed by atoms with Gasteiger partial charge in [0, 0.05) is 24.2 Å². The predicted molar refractivity (Wildman–Crippen MR) is 94.2 cm³/mol. The van der Waals surface area contributed by atoms with Crippen LogP contribution in [0.25, 0.3) is 0 Å². The number of fused-ring (bicyclic) bond motifs is 2. The highest BCUT2D eigenvalue weighted by Crippen LogP contribution is 2.48. The summed E-state index contributed by atoms with van der Waals surface area (Å²) in [5.74, 6) is 1.37. The molecule has 23 heavy (non-hydrogen) atoms. The molecule has 0 aromatic carbocycles. The number of halogens is 2. The molecule has 2 saturated carbocycles. The Balaban J connectivity index is 0.000000960. The maximum atomic E-state index is 12.9. The van der Waals surface area contributed by atoms with Gasteiger partial charge in [-0.2, -0.15) is 0 Å². The van der Waals surface area contributed by atoms with Crippen LogP contribution < -0.4 is 5.73 Å².